The number of likely N-dealkylation sites (tertiary alicyclic amines) is 1. The van der Waals surface area contributed by atoms with Crippen molar-refractivity contribution in [2.24, 2.45) is 16.6 Å². The normalized spacial score (nSPS) is 22.0. The molecular formula is C21H22ClF3N4O2S. The molecule has 2 aliphatic rings. The molecule has 2 N–H and O–H groups in total. The molecule has 6 nitrogen and oxygen atoms in total. The maximum Gasteiger partial charge on any atom is 0.297 e. The van der Waals surface area contributed by atoms with Gasteiger partial charge in [0.05, 0.1) is 10.4 Å². The second-order valence-electron chi connectivity index (χ2n) is 8.05. The maximum absolute atomic E-state index is 14.3. The Kier molecular flexibility index (Phi) is 6.69. The molecule has 0 radical (unpaired) electrons. The van der Waals surface area contributed by atoms with E-state index >= 15 is 0 Å². The van der Waals surface area contributed by atoms with Crippen LogP contribution in [-0.4, -0.2) is 54.7 Å². The fraction of sp³-hybridized carbons (Fsp3) is 0.476. The molecule has 0 amide bonds. The van der Waals surface area contributed by atoms with Gasteiger partial charge in [-0.1, -0.05) is 11.6 Å². The summed E-state index contributed by atoms with van der Waals surface area (Å²) in [5, 5.41) is 0. The highest BCUT2D eigenvalue weighted by Gasteiger charge is 2.51. The van der Waals surface area contributed by atoms with Gasteiger partial charge in [0.1, 0.15) is 18.5 Å². The van der Waals surface area contributed by atoms with Crippen molar-refractivity contribution in [1.29, 1.82) is 0 Å². The van der Waals surface area contributed by atoms with Gasteiger partial charge < -0.3 is 20.2 Å². The number of piperidine rings is 1. The SMILES string of the molecule is NC(C=O)C(C=Nc1ncccc1F)CN1CCC2(CC1)OCC(F)(F)c1cc(Cl)sc12. The Hall–Kier alpha value is -1.85. The van der Waals surface area contributed by atoms with E-state index in [1.165, 1.54) is 30.6 Å². The van der Waals surface area contributed by atoms with Gasteiger partial charge in [0, 0.05) is 48.4 Å². The standard InChI is InChI=1S/C21H22ClF3N4O2S/c22-17-8-14-18(32-17)20(31-12-21(14,24)25)3-6-29(7-4-20)10-13(16(26)11-30)9-28-19-15(23)2-1-5-27-19/h1-2,5,8-9,11,13,16H,3-4,6-7,10,12,26H2. The Bertz CT molecular complexity index is 1010. The number of hydrogen-bond donors (Lipinski definition) is 1. The van der Waals surface area contributed by atoms with Crippen LogP contribution < -0.4 is 5.73 Å². The summed E-state index contributed by atoms with van der Waals surface area (Å²) in [5.41, 5.74) is 5.11. The third-order valence-electron chi connectivity index (χ3n) is 5.95. The highest BCUT2D eigenvalue weighted by Crippen LogP contribution is 2.52. The summed E-state index contributed by atoms with van der Waals surface area (Å²) in [6.07, 6.45) is 4.50. The molecule has 2 aliphatic heterocycles. The highest BCUT2D eigenvalue weighted by molar-refractivity contribution is 7.16. The molecular weight excluding hydrogens is 465 g/mol. The minimum atomic E-state index is -3.06. The van der Waals surface area contributed by atoms with E-state index in [4.69, 9.17) is 22.1 Å². The summed E-state index contributed by atoms with van der Waals surface area (Å²) in [6, 6.07) is 3.22. The van der Waals surface area contributed by atoms with Crippen molar-refractivity contribution in [2.75, 3.05) is 26.2 Å². The summed E-state index contributed by atoms with van der Waals surface area (Å²) in [7, 11) is 0. The van der Waals surface area contributed by atoms with E-state index in [0.717, 1.165) is 11.3 Å². The van der Waals surface area contributed by atoms with Crippen LogP contribution in [0.25, 0.3) is 0 Å². The van der Waals surface area contributed by atoms with Gasteiger partial charge in [-0.2, -0.15) is 8.78 Å². The first-order chi connectivity index (χ1) is 15.2. The molecule has 11 heteroatoms. The molecule has 1 spiro atoms. The van der Waals surface area contributed by atoms with E-state index in [2.05, 4.69) is 14.9 Å². The van der Waals surface area contributed by atoms with E-state index in [0.29, 0.717) is 48.0 Å². The summed E-state index contributed by atoms with van der Waals surface area (Å²) >= 11 is 7.19. The molecule has 4 heterocycles. The first kappa shape index (κ1) is 23.3. The van der Waals surface area contributed by atoms with Crippen LogP contribution in [0.5, 0.6) is 0 Å². The Morgan fingerprint density at radius 3 is 2.84 bits per heavy atom. The Labute approximate surface area is 192 Å². The van der Waals surface area contributed by atoms with Gasteiger partial charge in [0.25, 0.3) is 5.92 Å². The molecule has 2 aromatic rings. The van der Waals surface area contributed by atoms with Crippen LogP contribution in [0.4, 0.5) is 19.0 Å². The van der Waals surface area contributed by atoms with E-state index < -0.39 is 35.9 Å². The number of aldehydes is 1. The number of rotatable bonds is 6. The summed E-state index contributed by atoms with van der Waals surface area (Å²) in [6.45, 7) is 0.832. The molecule has 2 aromatic heterocycles. The minimum absolute atomic E-state index is 0.0439. The quantitative estimate of drug-likeness (QED) is 0.495. The number of nitrogens with zero attached hydrogens (tertiary/aromatic N) is 3. The first-order valence-electron chi connectivity index (χ1n) is 10.1. The lowest BCUT2D eigenvalue weighted by molar-refractivity contribution is -0.181. The molecule has 2 unspecified atom stereocenters. The van der Waals surface area contributed by atoms with Crippen molar-refractivity contribution in [3.05, 3.63) is 45.0 Å². The lowest BCUT2D eigenvalue weighted by Gasteiger charge is -2.45. The minimum Gasteiger partial charge on any atom is -0.363 e. The Morgan fingerprint density at radius 1 is 1.41 bits per heavy atom. The lowest BCUT2D eigenvalue weighted by Crippen LogP contribution is -2.50. The van der Waals surface area contributed by atoms with Crippen molar-refractivity contribution in [3.63, 3.8) is 0 Å². The van der Waals surface area contributed by atoms with Gasteiger partial charge in [0.15, 0.2) is 11.6 Å². The van der Waals surface area contributed by atoms with Crippen molar-refractivity contribution in [3.8, 4) is 0 Å². The number of ether oxygens (including phenoxy) is 1. The molecule has 1 fully saturated rings. The molecule has 4 rings (SSSR count). The summed E-state index contributed by atoms with van der Waals surface area (Å²) in [5.74, 6) is -4.17. The number of thiophene rings is 1. The largest absolute Gasteiger partial charge is 0.363 e. The molecule has 172 valence electrons. The van der Waals surface area contributed by atoms with Crippen LogP contribution in [0, 0.1) is 11.7 Å². The predicted octanol–water partition coefficient (Wildman–Crippen LogP) is 3.89. The number of pyridine rings is 1. The van der Waals surface area contributed by atoms with Crippen LogP contribution in [0.15, 0.2) is 29.4 Å². The van der Waals surface area contributed by atoms with Gasteiger partial charge in [0.2, 0.25) is 0 Å². The number of aromatic nitrogens is 1. The third-order valence-corrected chi connectivity index (χ3v) is 7.40. The zero-order valence-electron chi connectivity index (χ0n) is 17.0. The maximum atomic E-state index is 14.3. The molecule has 2 atom stereocenters. The lowest BCUT2D eigenvalue weighted by atomic mass is 9.84. The summed E-state index contributed by atoms with van der Waals surface area (Å²) < 4.78 is 48.4. The number of nitrogens with two attached hydrogens (primary N) is 1. The molecule has 1 saturated heterocycles. The molecule has 0 saturated carbocycles. The zero-order chi connectivity index (χ0) is 22.9. The molecule has 0 aliphatic carbocycles. The predicted molar refractivity (Wildman–Crippen MR) is 116 cm³/mol. The molecule has 0 bridgehead atoms. The monoisotopic (exact) mass is 486 g/mol. The number of hydrogen-bond acceptors (Lipinski definition) is 7. The number of halogens is 4. The average Bonchev–Trinajstić information content (AvgIpc) is 3.20. The number of fused-ring (bicyclic) bond motifs is 2. The smallest absolute Gasteiger partial charge is 0.297 e. The zero-order valence-corrected chi connectivity index (χ0v) is 18.6. The number of carbonyl (C=O) groups is 1. The Balaban J connectivity index is 1.46. The number of aliphatic imine (C=N–C) groups is 1. The van der Waals surface area contributed by atoms with Crippen LogP contribution in [0.1, 0.15) is 23.3 Å². The van der Waals surface area contributed by atoms with Gasteiger partial charge >= 0.3 is 0 Å². The Morgan fingerprint density at radius 2 is 2.16 bits per heavy atom. The second kappa shape index (κ2) is 9.18. The van der Waals surface area contributed by atoms with Crippen LogP contribution in [0.2, 0.25) is 4.34 Å². The topological polar surface area (TPSA) is 80.8 Å². The van der Waals surface area contributed by atoms with Gasteiger partial charge in [-0.3, -0.25) is 0 Å². The third kappa shape index (κ3) is 4.60. The van der Waals surface area contributed by atoms with Gasteiger partial charge in [-0.05, 0) is 31.0 Å². The van der Waals surface area contributed by atoms with Crippen molar-refractivity contribution in [1.82, 2.24) is 9.88 Å². The average molecular weight is 487 g/mol. The van der Waals surface area contributed by atoms with E-state index in [1.54, 1.807) is 0 Å². The van der Waals surface area contributed by atoms with Crippen molar-refractivity contribution < 1.29 is 22.7 Å². The summed E-state index contributed by atoms with van der Waals surface area (Å²) in [4.78, 5) is 21.8. The van der Waals surface area contributed by atoms with Crippen LogP contribution in [0.3, 0.4) is 0 Å². The number of carbonyl (C=O) groups excluding carboxylic acids is 1. The van der Waals surface area contributed by atoms with Crippen LogP contribution in [-0.2, 0) is 21.1 Å². The first-order valence-corrected chi connectivity index (χ1v) is 11.3. The van der Waals surface area contributed by atoms with Gasteiger partial charge in [-0.25, -0.2) is 14.4 Å². The van der Waals surface area contributed by atoms with E-state index in [9.17, 15) is 18.0 Å². The second-order valence-corrected chi connectivity index (χ2v) is 9.73. The highest BCUT2D eigenvalue weighted by atomic mass is 35.5. The van der Waals surface area contributed by atoms with E-state index in [-0.39, 0.29) is 11.4 Å². The van der Waals surface area contributed by atoms with E-state index in [1.807, 2.05) is 0 Å². The fourth-order valence-corrected chi connectivity index (χ4v) is 5.60. The van der Waals surface area contributed by atoms with Crippen molar-refractivity contribution in [2.45, 2.75) is 30.4 Å². The van der Waals surface area contributed by atoms with Gasteiger partial charge in [-0.15, -0.1) is 11.3 Å². The number of alkyl halides is 2. The molecule has 0 aromatic carbocycles. The fourth-order valence-electron chi connectivity index (χ4n) is 4.12. The van der Waals surface area contributed by atoms with Crippen molar-refractivity contribution >= 4 is 41.3 Å². The van der Waals surface area contributed by atoms with Crippen LogP contribution >= 0.6 is 22.9 Å². The molecule has 32 heavy (non-hydrogen) atoms.